The normalized spacial score (nSPS) is 12.4. The lowest BCUT2D eigenvalue weighted by Crippen LogP contribution is -2.08. The molecule has 0 unspecified atom stereocenters. The van der Waals surface area contributed by atoms with Crippen LogP contribution in [0.25, 0.3) is 0 Å². The van der Waals surface area contributed by atoms with Crippen LogP contribution in [0.3, 0.4) is 0 Å². The maximum Gasteiger partial charge on any atom is 0.325 e. The summed E-state index contributed by atoms with van der Waals surface area (Å²) in [6, 6.07) is 0. The molecule has 48 valence electrons. The summed E-state index contributed by atoms with van der Waals surface area (Å²) in [4.78, 5) is 13.4. The van der Waals surface area contributed by atoms with Gasteiger partial charge in [0.15, 0.2) is 0 Å². The first-order valence-corrected chi connectivity index (χ1v) is 2.19. The molecule has 0 saturated heterocycles. The van der Waals surface area contributed by atoms with E-state index in [1.165, 1.54) is 0 Å². The Labute approximate surface area is 53.8 Å². The van der Waals surface area contributed by atoms with Crippen molar-refractivity contribution in [1.82, 2.24) is 14.8 Å². The molecule has 1 heterocycles. The number of carbonyl (C=O) groups is 1. The minimum absolute atomic E-state index is 0.308. The molecular weight excluding hydrogens is 122 g/mol. The number of carboxylic acid groups (broad SMARTS) is 1. The number of rotatable bonds is 2. The van der Waals surface area contributed by atoms with E-state index in [0.717, 1.165) is 4.68 Å². The summed E-state index contributed by atoms with van der Waals surface area (Å²) in [5.41, 5.74) is 0. The van der Waals surface area contributed by atoms with Gasteiger partial charge in [0.2, 0.25) is 0 Å². The van der Waals surface area contributed by atoms with Gasteiger partial charge >= 0.3 is 5.97 Å². The van der Waals surface area contributed by atoms with Crippen LogP contribution in [0, 0.1) is 0 Å². The Kier molecular flexibility index (Phi) is 0.901. The molecule has 0 spiro atoms. The van der Waals surface area contributed by atoms with Gasteiger partial charge in [-0.15, -0.1) is 0 Å². The third kappa shape index (κ3) is 1.52. The lowest BCUT2D eigenvalue weighted by atomic mass is 10.7. The molecule has 0 saturated carbocycles. The molecule has 0 aliphatic rings. The predicted octanol–water partition coefficient (Wildman–Crippen LogP) is -0.637. The Morgan fingerprint density at radius 2 is 2.78 bits per heavy atom. The SMILES string of the molecule is [2H]c1nc([2H])n(CC(=O)O)n1. The number of hydrogen-bond acceptors (Lipinski definition) is 3. The zero-order valence-corrected chi connectivity index (χ0v) is 4.40. The molecule has 0 bridgehead atoms. The molecule has 0 aromatic carbocycles. The van der Waals surface area contributed by atoms with E-state index in [9.17, 15) is 4.79 Å². The van der Waals surface area contributed by atoms with Crippen LogP contribution in [-0.2, 0) is 11.3 Å². The molecule has 1 aromatic heterocycles. The fourth-order valence-electron chi connectivity index (χ4n) is 0.378. The van der Waals surface area contributed by atoms with E-state index in [1.54, 1.807) is 0 Å². The van der Waals surface area contributed by atoms with Crippen LogP contribution in [0.4, 0.5) is 0 Å². The second-order valence-electron chi connectivity index (χ2n) is 1.36. The summed E-state index contributed by atoms with van der Waals surface area (Å²) in [6.45, 7) is -0.426. The molecule has 5 heteroatoms. The van der Waals surface area contributed by atoms with Crippen LogP contribution in [0.5, 0.6) is 0 Å². The maximum atomic E-state index is 10.1. The van der Waals surface area contributed by atoms with Gasteiger partial charge in [0, 0.05) is 0 Å². The largest absolute Gasteiger partial charge is 0.480 e. The first-order chi connectivity index (χ1) is 5.09. The monoisotopic (exact) mass is 129 g/mol. The van der Waals surface area contributed by atoms with Crippen molar-refractivity contribution in [2.75, 3.05) is 0 Å². The van der Waals surface area contributed by atoms with Crippen LogP contribution >= 0.6 is 0 Å². The molecule has 5 nitrogen and oxygen atoms in total. The minimum Gasteiger partial charge on any atom is -0.480 e. The third-order valence-electron chi connectivity index (χ3n) is 0.666. The molecule has 9 heavy (non-hydrogen) atoms. The highest BCUT2D eigenvalue weighted by Gasteiger charge is 1.96. The summed E-state index contributed by atoms with van der Waals surface area (Å²) >= 11 is 0. The zero-order chi connectivity index (χ0) is 8.43. The van der Waals surface area contributed by atoms with Crippen molar-refractivity contribution in [3.63, 3.8) is 0 Å². The highest BCUT2D eigenvalue weighted by molar-refractivity contribution is 5.66. The first kappa shape index (κ1) is 3.60. The highest BCUT2D eigenvalue weighted by Crippen LogP contribution is 1.77. The van der Waals surface area contributed by atoms with E-state index in [-0.39, 0.29) is 12.6 Å². The minimum atomic E-state index is -1.11. The van der Waals surface area contributed by atoms with Gasteiger partial charge in [-0.3, -0.25) is 4.79 Å². The van der Waals surface area contributed by atoms with Crippen molar-refractivity contribution in [2.45, 2.75) is 6.54 Å². The van der Waals surface area contributed by atoms with Gasteiger partial charge in [-0.2, -0.15) is 5.10 Å². The molecule has 0 fully saturated rings. The Morgan fingerprint density at radius 1 is 2.00 bits per heavy atom. The molecule has 0 aliphatic heterocycles. The molecule has 0 aliphatic carbocycles. The van der Waals surface area contributed by atoms with Gasteiger partial charge in [-0.25, -0.2) is 9.67 Å². The van der Waals surface area contributed by atoms with Gasteiger partial charge < -0.3 is 5.11 Å². The van der Waals surface area contributed by atoms with Crippen molar-refractivity contribution in [3.8, 4) is 0 Å². The highest BCUT2D eigenvalue weighted by atomic mass is 16.4. The maximum absolute atomic E-state index is 10.1. The summed E-state index contributed by atoms with van der Waals surface area (Å²) in [7, 11) is 0. The smallest absolute Gasteiger partial charge is 0.325 e. The van der Waals surface area contributed by atoms with Gasteiger partial charge in [0.05, 0.1) is 0 Å². The number of aliphatic carboxylic acids is 1. The Balaban J connectivity index is 2.85. The molecule has 0 atom stereocenters. The summed E-state index contributed by atoms with van der Waals surface area (Å²) < 4.78 is 14.7. The molecule has 1 aromatic rings. The van der Waals surface area contributed by atoms with Crippen LogP contribution in [-0.4, -0.2) is 25.8 Å². The Hall–Kier alpha value is -1.39. The molecule has 1 rings (SSSR count). The van der Waals surface area contributed by atoms with E-state index >= 15 is 0 Å². The fourth-order valence-corrected chi connectivity index (χ4v) is 0.378. The second-order valence-corrected chi connectivity index (χ2v) is 1.36. The van der Waals surface area contributed by atoms with Crippen LogP contribution in [0.2, 0.25) is 0 Å². The lowest BCUT2D eigenvalue weighted by Gasteiger charge is -1.89. The summed E-state index contributed by atoms with van der Waals surface area (Å²) in [5, 5.41) is 11.6. The van der Waals surface area contributed by atoms with Gasteiger partial charge in [0.25, 0.3) is 0 Å². The summed E-state index contributed by atoms with van der Waals surface area (Å²) in [5.74, 6) is -1.11. The molecule has 0 amide bonds. The van der Waals surface area contributed by atoms with Crippen molar-refractivity contribution in [2.24, 2.45) is 0 Å². The average molecular weight is 129 g/mol. The predicted molar refractivity (Wildman–Crippen MR) is 27.7 cm³/mol. The lowest BCUT2D eigenvalue weighted by molar-refractivity contribution is -0.137. The zero-order valence-electron chi connectivity index (χ0n) is 6.40. The fraction of sp³-hybridized carbons (Fsp3) is 0.250. The van der Waals surface area contributed by atoms with E-state index in [4.69, 9.17) is 7.85 Å². The van der Waals surface area contributed by atoms with Crippen LogP contribution in [0.15, 0.2) is 12.6 Å². The number of aromatic nitrogens is 3. The quantitative estimate of drug-likeness (QED) is 0.576. The topological polar surface area (TPSA) is 68.0 Å². The first-order valence-electron chi connectivity index (χ1n) is 3.19. The summed E-state index contributed by atoms with van der Waals surface area (Å²) in [6.07, 6.45) is -0.645. The van der Waals surface area contributed by atoms with Crippen molar-refractivity contribution < 1.29 is 12.6 Å². The third-order valence-corrected chi connectivity index (χ3v) is 0.666. The van der Waals surface area contributed by atoms with Crippen molar-refractivity contribution >= 4 is 5.97 Å². The van der Waals surface area contributed by atoms with Gasteiger partial charge in [-0.05, 0) is 0 Å². The number of carboxylic acids is 1. The van der Waals surface area contributed by atoms with E-state index in [2.05, 4.69) is 10.1 Å². The van der Waals surface area contributed by atoms with E-state index in [1.807, 2.05) is 0 Å². The Bertz CT molecular complexity index is 285. The number of nitrogens with zero attached hydrogens (tertiary/aromatic N) is 3. The van der Waals surface area contributed by atoms with Crippen molar-refractivity contribution in [1.29, 1.82) is 0 Å². The van der Waals surface area contributed by atoms with Crippen LogP contribution in [0.1, 0.15) is 2.74 Å². The van der Waals surface area contributed by atoms with E-state index in [0.29, 0.717) is 0 Å². The van der Waals surface area contributed by atoms with E-state index < -0.39 is 12.5 Å². The van der Waals surface area contributed by atoms with Gasteiger partial charge in [-0.1, -0.05) is 0 Å². The Morgan fingerprint density at radius 3 is 3.22 bits per heavy atom. The average Bonchev–Trinajstić information content (AvgIpc) is 2.09. The standard InChI is InChI=1S/C4H5N3O2/c8-4(9)1-7-3-5-2-6-7/h2-3H,1H2,(H,8,9)/i2D,3D. The molecular formula is C4H5N3O2. The van der Waals surface area contributed by atoms with Crippen molar-refractivity contribution in [3.05, 3.63) is 12.6 Å². The molecule has 1 N–H and O–H groups in total. The molecule has 0 radical (unpaired) electrons. The number of hydrogen-bond donors (Lipinski definition) is 1. The van der Waals surface area contributed by atoms with Gasteiger partial charge in [0.1, 0.15) is 21.9 Å². The van der Waals surface area contributed by atoms with Crippen LogP contribution < -0.4 is 0 Å². The second kappa shape index (κ2) is 2.25.